The van der Waals surface area contributed by atoms with Gasteiger partial charge in [0.15, 0.2) is 0 Å². The van der Waals surface area contributed by atoms with Crippen LogP contribution in [0, 0.1) is 5.92 Å². The maximum Gasteiger partial charge on any atom is 0.0961 e. The van der Waals surface area contributed by atoms with Gasteiger partial charge in [-0.1, -0.05) is 13.8 Å². The molecule has 54 valence electrons. The lowest BCUT2D eigenvalue weighted by atomic mass is 9.94. The molecule has 0 bridgehead atoms. The topological polar surface area (TPSA) is 32.8 Å². The normalized spacial score (nSPS) is 33.3. The molecule has 1 N–H and O–H groups in total. The summed E-state index contributed by atoms with van der Waals surface area (Å²) in [5, 5.41) is 8.61. The molecular formula is C7H14O2. The van der Waals surface area contributed by atoms with Crippen LogP contribution in [-0.2, 0) is 4.74 Å². The van der Waals surface area contributed by atoms with Gasteiger partial charge in [-0.05, 0) is 5.92 Å². The fourth-order valence-electron chi connectivity index (χ4n) is 1.05. The molecule has 1 saturated heterocycles. The van der Waals surface area contributed by atoms with Crippen molar-refractivity contribution in [2.75, 3.05) is 13.2 Å². The van der Waals surface area contributed by atoms with Crippen molar-refractivity contribution in [3.8, 4) is 0 Å². The third kappa shape index (κ3) is 1.25. The molecule has 2 nitrogen and oxygen atoms in total. The average molecular weight is 130 g/mol. The van der Waals surface area contributed by atoms with Crippen LogP contribution < -0.4 is 0 Å². The highest BCUT2D eigenvalue weighted by molar-refractivity contribution is 4.94. The molecular weight excluding hydrogens is 116 g/mol. The highest BCUT2D eigenvalue weighted by Gasteiger charge is 2.46. The molecule has 0 aliphatic carbocycles. The summed E-state index contributed by atoms with van der Waals surface area (Å²) in [6.45, 7) is 5.34. The summed E-state index contributed by atoms with van der Waals surface area (Å²) in [4.78, 5) is 0. The fourth-order valence-corrected chi connectivity index (χ4v) is 1.05. The molecule has 0 aromatic heterocycles. The van der Waals surface area contributed by atoms with E-state index in [1.54, 1.807) is 0 Å². The quantitative estimate of drug-likeness (QED) is 0.573. The summed E-state index contributed by atoms with van der Waals surface area (Å²) in [6, 6.07) is 0. The predicted molar refractivity (Wildman–Crippen MR) is 35.2 cm³/mol. The third-order valence-corrected chi connectivity index (χ3v) is 2.10. The predicted octanol–water partition coefficient (Wildman–Crippen LogP) is 0.794. The highest BCUT2D eigenvalue weighted by Crippen LogP contribution is 2.37. The van der Waals surface area contributed by atoms with Crippen LogP contribution in [0.4, 0.5) is 0 Å². The van der Waals surface area contributed by atoms with E-state index in [-0.39, 0.29) is 12.2 Å². The molecule has 1 heterocycles. The van der Waals surface area contributed by atoms with E-state index in [1.807, 2.05) is 0 Å². The van der Waals surface area contributed by atoms with Gasteiger partial charge in [-0.3, -0.25) is 0 Å². The molecule has 2 heteroatoms. The van der Waals surface area contributed by atoms with E-state index >= 15 is 0 Å². The number of ether oxygens (including phenoxy) is 1. The second kappa shape index (κ2) is 2.27. The Bertz CT molecular complexity index is 95.1. The first-order valence-corrected chi connectivity index (χ1v) is 3.46. The first-order valence-electron chi connectivity index (χ1n) is 3.46. The van der Waals surface area contributed by atoms with Crippen LogP contribution in [0.3, 0.4) is 0 Å². The maximum atomic E-state index is 8.61. The van der Waals surface area contributed by atoms with Gasteiger partial charge in [0.1, 0.15) is 0 Å². The lowest BCUT2D eigenvalue weighted by molar-refractivity contribution is 0.176. The smallest absolute Gasteiger partial charge is 0.0961 e. The van der Waals surface area contributed by atoms with E-state index in [0.717, 1.165) is 13.0 Å². The van der Waals surface area contributed by atoms with E-state index < -0.39 is 0 Å². The summed E-state index contributed by atoms with van der Waals surface area (Å²) >= 11 is 0. The van der Waals surface area contributed by atoms with Gasteiger partial charge < -0.3 is 9.84 Å². The number of hydrogen-bond acceptors (Lipinski definition) is 2. The molecule has 0 aromatic carbocycles. The minimum atomic E-state index is 0.0503. The van der Waals surface area contributed by atoms with Gasteiger partial charge in [-0.15, -0.1) is 0 Å². The van der Waals surface area contributed by atoms with Gasteiger partial charge in [0, 0.05) is 13.0 Å². The van der Waals surface area contributed by atoms with Crippen molar-refractivity contribution >= 4 is 0 Å². The van der Waals surface area contributed by atoms with E-state index in [9.17, 15) is 0 Å². The molecule has 0 radical (unpaired) electrons. The number of aliphatic hydroxyl groups is 1. The Morgan fingerprint density at radius 2 is 2.22 bits per heavy atom. The SMILES string of the molecule is CC(C)C1(CCO)CO1. The molecule has 1 fully saturated rings. The summed E-state index contributed by atoms with van der Waals surface area (Å²) in [5.74, 6) is 0.546. The van der Waals surface area contributed by atoms with Crippen molar-refractivity contribution in [1.82, 2.24) is 0 Å². The first-order chi connectivity index (χ1) is 4.21. The molecule has 0 saturated carbocycles. The molecule has 1 aliphatic rings. The Kier molecular flexibility index (Phi) is 1.78. The Balaban J connectivity index is 2.33. The van der Waals surface area contributed by atoms with Crippen LogP contribution in [0.2, 0.25) is 0 Å². The second-order valence-corrected chi connectivity index (χ2v) is 2.98. The summed E-state index contributed by atoms with van der Waals surface area (Å²) < 4.78 is 5.24. The van der Waals surface area contributed by atoms with Crippen molar-refractivity contribution in [1.29, 1.82) is 0 Å². The third-order valence-electron chi connectivity index (χ3n) is 2.10. The first kappa shape index (κ1) is 7.03. The van der Waals surface area contributed by atoms with Gasteiger partial charge in [-0.25, -0.2) is 0 Å². The monoisotopic (exact) mass is 130 g/mol. The lowest BCUT2D eigenvalue weighted by Crippen LogP contribution is -2.20. The number of rotatable bonds is 3. The molecule has 0 aromatic rings. The Labute approximate surface area is 55.8 Å². The summed E-state index contributed by atoms with van der Waals surface area (Å²) in [6.07, 6.45) is 0.796. The average Bonchev–Trinajstić information content (AvgIpc) is 2.49. The van der Waals surface area contributed by atoms with Crippen LogP contribution in [0.1, 0.15) is 20.3 Å². The summed E-state index contributed by atoms with van der Waals surface area (Å²) in [5.41, 5.74) is 0.0503. The van der Waals surface area contributed by atoms with E-state index in [0.29, 0.717) is 5.92 Å². The van der Waals surface area contributed by atoms with Crippen molar-refractivity contribution in [2.24, 2.45) is 5.92 Å². The van der Waals surface area contributed by atoms with Crippen molar-refractivity contribution in [3.05, 3.63) is 0 Å². The largest absolute Gasteiger partial charge is 0.396 e. The van der Waals surface area contributed by atoms with Gasteiger partial charge >= 0.3 is 0 Å². The van der Waals surface area contributed by atoms with Crippen molar-refractivity contribution in [2.45, 2.75) is 25.9 Å². The minimum absolute atomic E-state index is 0.0503. The minimum Gasteiger partial charge on any atom is -0.396 e. The van der Waals surface area contributed by atoms with E-state index in [1.165, 1.54) is 0 Å². The highest BCUT2D eigenvalue weighted by atomic mass is 16.6. The van der Waals surface area contributed by atoms with Crippen LogP contribution in [0.15, 0.2) is 0 Å². The summed E-state index contributed by atoms with van der Waals surface area (Å²) in [7, 11) is 0. The van der Waals surface area contributed by atoms with Gasteiger partial charge in [0.2, 0.25) is 0 Å². The standard InChI is InChI=1S/C7H14O2/c1-6(2)7(3-4-8)5-9-7/h6,8H,3-5H2,1-2H3. The molecule has 1 unspecified atom stereocenters. The molecule has 1 rings (SSSR count). The lowest BCUT2D eigenvalue weighted by Gasteiger charge is -2.13. The zero-order valence-electron chi connectivity index (χ0n) is 6.05. The molecule has 1 atom stereocenters. The zero-order valence-corrected chi connectivity index (χ0v) is 6.05. The zero-order chi connectivity index (χ0) is 6.91. The van der Waals surface area contributed by atoms with E-state index in [4.69, 9.17) is 9.84 Å². The number of hydrogen-bond donors (Lipinski definition) is 1. The molecule has 9 heavy (non-hydrogen) atoms. The Hall–Kier alpha value is -0.0800. The second-order valence-electron chi connectivity index (χ2n) is 2.98. The van der Waals surface area contributed by atoms with Gasteiger partial charge in [-0.2, -0.15) is 0 Å². The van der Waals surface area contributed by atoms with Crippen LogP contribution in [-0.4, -0.2) is 23.9 Å². The fraction of sp³-hybridized carbons (Fsp3) is 1.00. The van der Waals surface area contributed by atoms with Gasteiger partial charge in [0.05, 0.1) is 12.2 Å². The van der Waals surface area contributed by atoms with Crippen LogP contribution in [0.25, 0.3) is 0 Å². The van der Waals surface area contributed by atoms with Crippen molar-refractivity contribution in [3.63, 3.8) is 0 Å². The van der Waals surface area contributed by atoms with Crippen LogP contribution >= 0.6 is 0 Å². The Morgan fingerprint density at radius 3 is 2.33 bits per heavy atom. The maximum absolute atomic E-state index is 8.61. The molecule has 0 amide bonds. The Morgan fingerprint density at radius 1 is 1.67 bits per heavy atom. The number of epoxide rings is 1. The number of aliphatic hydroxyl groups excluding tert-OH is 1. The molecule has 1 aliphatic heterocycles. The molecule has 0 spiro atoms. The van der Waals surface area contributed by atoms with Crippen LogP contribution in [0.5, 0.6) is 0 Å². The van der Waals surface area contributed by atoms with Crippen molar-refractivity contribution < 1.29 is 9.84 Å². The van der Waals surface area contributed by atoms with Gasteiger partial charge in [0.25, 0.3) is 0 Å². The van der Waals surface area contributed by atoms with E-state index in [2.05, 4.69) is 13.8 Å².